The standard InChI is InChI=1S/C26H25FN4O/c1-18-15-21(7-9-23(18)20-5-3-19(17-28)4-6-20)26(32)29-22-8-10-24(27)25(16-22)31-13-11-30(2)12-14-31/h3-10,15-16H,11-14H2,1-2H3,(H,29,32). The Balaban J connectivity index is 1.51. The van der Waals surface area contributed by atoms with Crippen molar-refractivity contribution in [1.82, 2.24) is 4.90 Å². The molecule has 0 spiro atoms. The van der Waals surface area contributed by atoms with Gasteiger partial charge in [-0.25, -0.2) is 4.39 Å². The summed E-state index contributed by atoms with van der Waals surface area (Å²) in [6.07, 6.45) is 0. The second-order valence-electron chi connectivity index (χ2n) is 8.13. The van der Waals surface area contributed by atoms with Crippen molar-refractivity contribution in [3.8, 4) is 17.2 Å². The van der Waals surface area contributed by atoms with Gasteiger partial charge in [0.05, 0.1) is 17.3 Å². The molecule has 32 heavy (non-hydrogen) atoms. The SMILES string of the molecule is Cc1cc(C(=O)Nc2ccc(F)c(N3CCN(C)CC3)c2)ccc1-c1ccc(C#N)cc1. The Labute approximate surface area is 187 Å². The van der Waals surface area contributed by atoms with Crippen molar-refractivity contribution in [2.45, 2.75) is 6.92 Å². The maximum atomic E-state index is 14.4. The minimum Gasteiger partial charge on any atom is -0.367 e. The molecule has 4 rings (SSSR count). The lowest BCUT2D eigenvalue weighted by Crippen LogP contribution is -2.44. The molecule has 0 aromatic heterocycles. The van der Waals surface area contributed by atoms with Crippen LogP contribution in [0.4, 0.5) is 15.8 Å². The maximum absolute atomic E-state index is 14.4. The number of nitriles is 1. The largest absolute Gasteiger partial charge is 0.367 e. The van der Waals surface area contributed by atoms with Gasteiger partial charge >= 0.3 is 0 Å². The van der Waals surface area contributed by atoms with Gasteiger partial charge in [0.25, 0.3) is 5.91 Å². The number of halogens is 1. The van der Waals surface area contributed by atoms with Crippen LogP contribution in [0.5, 0.6) is 0 Å². The predicted octanol–water partition coefficient (Wildman–Crippen LogP) is 4.68. The molecule has 0 saturated carbocycles. The third-order valence-electron chi connectivity index (χ3n) is 5.86. The van der Waals surface area contributed by atoms with Crippen molar-refractivity contribution in [2.75, 3.05) is 43.4 Å². The van der Waals surface area contributed by atoms with Gasteiger partial charge < -0.3 is 15.1 Å². The highest BCUT2D eigenvalue weighted by atomic mass is 19.1. The Morgan fingerprint density at radius 2 is 1.72 bits per heavy atom. The summed E-state index contributed by atoms with van der Waals surface area (Å²) in [7, 11) is 2.05. The molecule has 1 N–H and O–H groups in total. The fourth-order valence-corrected chi connectivity index (χ4v) is 3.94. The number of nitrogens with one attached hydrogen (secondary N) is 1. The Hall–Kier alpha value is -3.69. The molecule has 3 aromatic rings. The summed E-state index contributed by atoms with van der Waals surface area (Å²) in [6.45, 7) is 5.21. The van der Waals surface area contributed by atoms with Crippen LogP contribution in [0.15, 0.2) is 60.7 Å². The lowest BCUT2D eigenvalue weighted by molar-refractivity contribution is 0.102. The minimum absolute atomic E-state index is 0.240. The van der Waals surface area contributed by atoms with E-state index in [0.29, 0.717) is 22.5 Å². The molecule has 1 fully saturated rings. The molecule has 1 heterocycles. The summed E-state index contributed by atoms with van der Waals surface area (Å²) in [4.78, 5) is 17.1. The van der Waals surface area contributed by atoms with E-state index in [2.05, 4.69) is 23.3 Å². The van der Waals surface area contributed by atoms with Crippen LogP contribution in [-0.4, -0.2) is 44.0 Å². The van der Waals surface area contributed by atoms with Crippen molar-refractivity contribution >= 4 is 17.3 Å². The number of nitrogens with zero attached hydrogens (tertiary/aromatic N) is 3. The summed E-state index contributed by atoms with van der Waals surface area (Å²) >= 11 is 0. The first-order chi connectivity index (χ1) is 15.4. The number of likely N-dealkylation sites (N-methyl/N-ethyl adjacent to an activating group) is 1. The molecule has 3 aromatic carbocycles. The molecule has 162 valence electrons. The fraction of sp³-hybridized carbons (Fsp3) is 0.231. The highest BCUT2D eigenvalue weighted by Crippen LogP contribution is 2.27. The molecule has 5 nitrogen and oxygen atoms in total. The maximum Gasteiger partial charge on any atom is 0.255 e. The van der Waals surface area contributed by atoms with Crippen molar-refractivity contribution in [2.24, 2.45) is 0 Å². The van der Waals surface area contributed by atoms with Crippen LogP contribution in [0.2, 0.25) is 0 Å². The predicted molar refractivity (Wildman–Crippen MR) is 125 cm³/mol. The Bertz CT molecular complexity index is 1180. The summed E-state index contributed by atoms with van der Waals surface area (Å²) in [5.74, 6) is -0.523. The van der Waals surface area contributed by atoms with Crippen LogP contribution in [0, 0.1) is 24.1 Å². The summed E-state index contributed by atoms with van der Waals surface area (Å²) < 4.78 is 14.4. The number of aryl methyl sites for hydroxylation is 1. The Kier molecular flexibility index (Phi) is 6.20. The summed E-state index contributed by atoms with van der Waals surface area (Å²) in [6, 6.07) is 19.7. The Morgan fingerprint density at radius 3 is 2.38 bits per heavy atom. The first-order valence-electron chi connectivity index (χ1n) is 10.6. The topological polar surface area (TPSA) is 59.4 Å². The first kappa shape index (κ1) is 21.5. The molecule has 0 atom stereocenters. The molecule has 0 aliphatic carbocycles. The summed E-state index contributed by atoms with van der Waals surface area (Å²) in [5.41, 5.74) is 5.18. The molecular weight excluding hydrogens is 403 g/mol. The van der Waals surface area contributed by atoms with E-state index in [1.165, 1.54) is 6.07 Å². The van der Waals surface area contributed by atoms with E-state index < -0.39 is 0 Å². The monoisotopic (exact) mass is 428 g/mol. The number of anilines is 2. The highest BCUT2D eigenvalue weighted by molar-refractivity contribution is 6.05. The molecule has 1 saturated heterocycles. The fourth-order valence-electron chi connectivity index (χ4n) is 3.94. The van der Waals surface area contributed by atoms with Gasteiger partial charge in [0.15, 0.2) is 0 Å². The van der Waals surface area contributed by atoms with Crippen LogP contribution in [0.3, 0.4) is 0 Å². The molecule has 6 heteroatoms. The van der Waals surface area contributed by atoms with E-state index in [1.54, 1.807) is 30.3 Å². The number of carbonyl (C=O) groups excluding carboxylic acids is 1. The lowest BCUT2D eigenvalue weighted by Gasteiger charge is -2.34. The van der Waals surface area contributed by atoms with E-state index in [9.17, 15) is 9.18 Å². The average molecular weight is 429 g/mol. The second kappa shape index (κ2) is 9.21. The number of rotatable bonds is 4. The van der Waals surface area contributed by atoms with E-state index in [4.69, 9.17) is 5.26 Å². The average Bonchev–Trinajstić information content (AvgIpc) is 2.81. The van der Waals surface area contributed by atoms with Gasteiger partial charge in [0.1, 0.15) is 5.82 Å². The van der Waals surface area contributed by atoms with Crippen LogP contribution in [0.25, 0.3) is 11.1 Å². The van der Waals surface area contributed by atoms with Gasteiger partial charge in [-0.1, -0.05) is 18.2 Å². The molecule has 0 unspecified atom stereocenters. The van der Waals surface area contributed by atoms with Crippen molar-refractivity contribution in [1.29, 1.82) is 5.26 Å². The molecule has 0 bridgehead atoms. The van der Waals surface area contributed by atoms with E-state index in [1.807, 2.05) is 36.1 Å². The zero-order chi connectivity index (χ0) is 22.7. The van der Waals surface area contributed by atoms with Crippen LogP contribution >= 0.6 is 0 Å². The third-order valence-corrected chi connectivity index (χ3v) is 5.86. The Morgan fingerprint density at radius 1 is 1.00 bits per heavy atom. The second-order valence-corrected chi connectivity index (χ2v) is 8.13. The van der Waals surface area contributed by atoms with Crippen LogP contribution in [-0.2, 0) is 0 Å². The van der Waals surface area contributed by atoms with Gasteiger partial charge in [0.2, 0.25) is 0 Å². The number of amides is 1. The highest BCUT2D eigenvalue weighted by Gasteiger charge is 2.18. The molecule has 0 radical (unpaired) electrons. The van der Waals surface area contributed by atoms with E-state index >= 15 is 0 Å². The molecular formula is C26H25FN4O. The molecule has 1 aliphatic rings. The number of carbonyl (C=O) groups is 1. The van der Waals surface area contributed by atoms with Gasteiger partial charge in [-0.05, 0) is 73.1 Å². The van der Waals surface area contributed by atoms with Crippen LogP contribution in [0.1, 0.15) is 21.5 Å². The van der Waals surface area contributed by atoms with Gasteiger partial charge in [-0.2, -0.15) is 5.26 Å². The number of hydrogen-bond donors (Lipinski definition) is 1. The quantitative estimate of drug-likeness (QED) is 0.656. The van der Waals surface area contributed by atoms with Gasteiger partial charge in [-0.3, -0.25) is 4.79 Å². The molecule has 1 aliphatic heterocycles. The number of piperazine rings is 1. The first-order valence-corrected chi connectivity index (χ1v) is 10.6. The molecule has 1 amide bonds. The zero-order valence-corrected chi connectivity index (χ0v) is 18.2. The minimum atomic E-state index is -0.282. The summed E-state index contributed by atoms with van der Waals surface area (Å²) in [5, 5.41) is 11.9. The third kappa shape index (κ3) is 4.63. The van der Waals surface area contributed by atoms with E-state index in [0.717, 1.165) is 42.9 Å². The van der Waals surface area contributed by atoms with Gasteiger partial charge in [0, 0.05) is 37.4 Å². The van der Waals surface area contributed by atoms with Crippen molar-refractivity contribution < 1.29 is 9.18 Å². The van der Waals surface area contributed by atoms with Gasteiger partial charge in [-0.15, -0.1) is 0 Å². The van der Waals surface area contributed by atoms with Crippen molar-refractivity contribution in [3.63, 3.8) is 0 Å². The normalized spacial score (nSPS) is 14.1. The van der Waals surface area contributed by atoms with E-state index in [-0.39, 0.29) is 11.7 Å². The number of benzene rings is 3. The lowest BCUT2D eigenvalue weighted by atomic mass is 9.97. The van der Waals surface area contributed by atoms with Crippen molar-refractivity contribution in [3.05, 3.63) is 83.2 Å². The zero-order valence-electron chi connectivity index (χ0n) is 18.2. The smallest absolute Gasteiger partial charge is 0.255 e. The number of hydrogen-bond acceptors (Lipinski definition) is 4. The van der Waals surface area contributed by atoms with Crippen LogP contribution < -0.4 is 10.2 Å².